The van der Waals surface area contributed by atoms with E-state index in [2.05, 4.69) is 9.97 Å². The molecule has 98 valence electrons. The standard InChI is InChI=1S/C13H13ClN4O/c1-2-18(9-3-5-16-6-4-9)13(19)10-7-12(14)17-8-11(10)15/h3-8H,2,15H2,1H3. The number of aromatic nitrogens is 2. The van der Waals surface area contributed by atoms with Gasteiger partial charge in [0.15, 0.2) is 0 Å². The molecule has 0 saturated heterocycles. The Morgan fingerprint density at radius 3 is 2.74 bits per heavy atom. The molecule has 0 aliphatic heterocycles. The second-order valence-corrected chi connectivity index (χ2v) is 4.24. The van der Waals surface area contributed by atoms with Gasteiger partial charge in [0.2, 0.25) is 0 Å². The number of halogens is 1. The number of carbonyl (C=O) groups is 1. The first-order valence-corrected chi connectivity index (χ1v) is 6.14. The summed E-state index contributed by atoms with van der Waals surface area (Å²) in [6.07, 6.45) is 4.65. The first-order chi connectivity index (χ1) is 9.13. The number of nitrogens with two attached hydrogens (primary N) is 1. The van der Waals surface area contributed by atoms with Gasteiger partial charge >= 0.3 is 0 Å². The fourth-order valence-electron chi connectivity index (χ4n) is 1.74. The molecule has 2 aromatic rings. The molecule has 0 saturated carbocycles. The molecule has 2 rings (SSSR count). The Balaban J connectivity index is 2.39. The highest BCUT2D eigenvalue weighted by molar-refractivity contribution is 6.30. The quantitative estimate of drug-likeness (QED) is 0.874. The van der Waals surface area contributed by atoms with Crippen molar-refractivity contribution in [2.45, 2.75) is 6.92 Å². The monoisotopic (exact) mass is 276 g/mol. The van der Waals surface area contributed by atoms with Gasteiger partial charge in [-0.2, -0.15) is 0 Å². The molecule has 1 amide bonds. The zero-order chi connectivity index (χ0) is 13.8. The lowest BCUT2D eigenvalue weighted by atomic mass is 10.2. The molecule has 0 unspecified atom stereocenters. The molecule has 0 atom stereocenters. The van der Waals surface area contributed by atoms with E-state index in [-0.39, 0.29) is 11.1 Å². The third-order valence-corrected chi connectivity index (χ3v) is 2.87. The molecule has 0 spiro atoms. The zero-order valence-electron chi connectivity index (χ0n) is 10.4. The van der Waals surface area contributed by atoms with Gasteiger partial charge in [-0.1, -0.05) is 11.6 Å². The van der Waals surface area contributed by atoms with Crippen LogP contribution < -0.4 is 10.6 Å². The van der Waals surface area contributed by atoms with Crippen LogP contribution in [0.4, 0.5) is 11.4 Å². The molecule has 2 heterocycles. The van der Waals surface area contributed by atoms with Crippen LogP contribution in [-0.4, -0.2) is 22.4 Å². The molecule has 0 aromatic carbocycles. The predicted octanol–water partition coefficient (Wildman–Crippen LogP) is 2.38. The van der Waals surface area contributed by atoms with Gasteiger partial charge in [-0.25, -0.2) is 4.98 Å². The van der Waals surface area contributed by atoms with Crippen molar-refractivity contribution in [1.82, 2.24) is 9.97 Å². The fourth-order valence-corrected chi connectivity index (χ4v) is 1.90. The Labute approximate surface area is 116 Å². The Morgan fingerprint density at radius 2 is 2.11 bits per heavy atom. The van der Waals surface area contributed by atoms with Crippen LogP contribution in [0.2, 0.25) is 5.15 Å². The second kappa shape index (κ2) is 5.67. The SMILES string of the molecule is CCN(C(=O)c1cc(Cl)ncc1N)c1ccncc1. The number of anilines is 2. The number of amides is 1. The van der Waals surface area contributed by atoms with Crippen molar-refractivity contribution in [1.29, 1.82) is 0 Å². The van der Waals surface area contributed by atoms with Crippen molar-refractivity contribution in [2.24, 2.45) is 0 Å². The highest BCUT2D eigenvalue weighted by Crippen LogP contribution is 2.21. The van der Waals surface area contributed by atoms with Crippen molar-refractivity contribution >= 4 is 28.9 Å². The maximum Gasteiger partial charge on any atom is 0.260 e. The lowest BCUT2D eigenvalue weighted by molar-refractivity contribution is 0.0989. The summed E-state index contributed by atoms with van der Waals surface area (Å²) in [4.78, 5) is 21.9. The summed E-state index contributed by atoms with van der Waals surface area (Å²) < 4.78 is 0. The van der Waals surface area contributed by atoms with Gasteiger partial charge in [0.05, 0.1) is 17.4 Å². The molecular formula is C13H13ClN4O. The normalized spacial score (nSPS) is 10.2. The van der Waals surface area contributed by atoms with Gasteiger partial charge in [0.25, 0.3) is 5.91 Å². The summed E-state index contributed by atoms with van der Waals surface area (Å²) in [6, 6.07) is 5.00. The van der Waals surface area contributed by atoms with Crippen molar-refractivity contribution in [3.05, 3.63) is 47.5 Å². The number of rotatable bonds is 3. The number of nitrogen functional groups attached to an aromatic ring is 1. The van der Waals surface area contributed by atoms with Gasteiger partial charge in [0, 0.05) is 24.6 Å². The molecule has 19 heavy (non-hydrogen) atoms. The first-order valence-electron chi connectivity index (χ1n) is 5.76. The molecule has 0 aliphatic carbocycles. The summed E-state index contributed by atoms with van der Waals surface area (Å²) in [6.45, 7) is 2.40. The average molecular weight is 277 g/mol. The number of hydrogen-bond acceptors (Lipinski definition) is 4. The van der Waals surface area contributed by atoms with E-state index in [4.69, 9.17) is 17.3 Å². The highest BCUT2D eigenvalue weighted by Gasteiger charge is 2.19. The van der Waals surface area contributed by atoms with Crippen molar-refractivity contribution < 1.29 is 4.79 Å². The van der Waals surface area contributed by atoms with E-state index in [9.17, 15) is 4.79 Å². The Hall–Kier alpha value is -2.14. The number of carbonyl (C=O) groups excluding carboxylic acids is 1. The van der Waals surface area contributed by atoms with Crippen molar-refractivity contribution in [3.63, 3.8) is 0 Å². The minimum Gasteiger partial charge on any atom is -0.397 e. The molecule has 0 aliphatic rings. The van der Waals surface area contributed by atoms with E-state index < -0.39 is 0 Å². The molecule has 0 radical (unpaired) electrons. The lowest BCUT2D eigenvalue weighted by Crippen LogP contribution is -2.31. The third-order valence-electron chi connectivity index (χ3n) is 2.67. The van der Waals surface area contributed by atoms with E-state index in [0.717, 1.165) is 5.69 Å². The van der Waals surface area contributed by atoms with Crippen LogP contribution in [-0.2, 0) is 0 Å². The summed E-state index contributed by atoms with van der Waals surface area (Å²) in [5.41, 5.74) is 7.19. The fraction of sp³-hybridized carbons (Fsp3) is 0.154. The maximum absolute atomic E-state index is 12.5. The third kappa shape index (κ3) is 2.82. The van der Waals surface area contributed by atoms with Crippen LogP contribution in [0.3, 0.4) is 0 Å². The summed E-state index contributed by atoms with van der Waals surface area (Å²) in [5, 5.41) is 0.239. The molecule has 0 fully saturated rings. The number of nitrogens with zero attached hydrogens (tertiary/aromatic N) is 3. The predicted molar refractivity (Wildman–Crippen MR) is 75.2 cm³/mol. The van der Waals surface area contributed by atoms with Crippen molar-refractivity contribution in [3.8, 4) is 0 Å². The molecule has 2 aromatic heterocycles. The average Bonchev–Trinajstić information content (AvgIpc) is 2.43. The minimum absolute atomic E-state index is 0.212. The van der Waals surface area contributed by atoms with Crippen LogP contribution in [0, 0.1) is 0 Å². The van der Waals surface area contributed by atoms with E-state index in [1.807, 2.05) is 6.92 Å². The Morgan fingerprint density at radius 1 is 1.42 bits per heavy atom. The zero-order valence-corrected chi connectivity index (χ0v) is 11.1. The topological polar surface area (TPSA) is 72.1 Å². The second-order valence-electron chi connectivity index (χ2n) is 3.85. The van der Waals surface area contributed by atoms with Gasteiger partial charge in [0.1, 0.15) is 5.15 Å². The number of hydrogen-bond donors (Lipinski definition) is 1. The van der Waals surface area contributed by atoms with E-state index in [0.29, 0.717) is 17.8 Å². The summed E-state index contributed by atoms with van der Waals surface area (Å²) in [7, 11) is 0. The maximum atomic E-state index is 12.5. The molecule has 5 nitrogen and oxygen atoms in total. The first kappa shape index (κ1) is 13.3. The van der Waals surface area contributed by atoms with Crippen LogP contribution in [0.1, 0.15) is 17.3 Å². The number of pyridine rings is 2. The van der Waals surface area contributed by atoms with E-state index in [1.165, 1.54) is 12.3 Å². The minimum atomic E-state index is -0.212. The van der Waals surface area contributed by atoms with Gasteiger partial charge < -0.3 is 10.6 Å². The van der Waals surface area contributed by atoms with Crippen LogP contribution in [0.5, 0.6) is 0 Å². The van der Waals surface area contributed by atoms with E-state index >= 15 is 0 Å². The molecular weight excluding hydrogens is 264 g/mol. The van der Waals surface area contributed by atoms with Gasteiger partial charge in [-0.05, 0) is 25.1 Å². The largest absolute Gasteiger partial charge is 0.397 e. The van der Waals surface area contributed by atoms with E-state index in [1.54, 1.807) is 29.4 Å². The Bertz CT molecular complexity index is 588. The summed E-state index contributed by atoms with van der Waals surface area (Å²) in [5.74, 6) is -0.212. The molecule has 0 bridgehead atoms. The van der Waals surface area contributed by atoms with Crippen LogP contribution in [0.15, 0.2) is 36.8 Å². The molecule has 2 N–H and O–H groups in total. The summed E-state index contributed by atoms with van der Waals surface area (Å²) >= 11 is 5.81. The highest BCUT2D eigenvalue weighted by atomic mass is 35.5. The smallest absolute Gasteiger partial charge is 0.260 e. The molecule has 6 heteroatoms. The Kier molecular flexibility index (Phi) is 3.97. The van der Waals surface area contributed by atoms with Crippen molar-refractivity contribution in [2.75, 3.05) is 17.2 Å². The van der Waals surface area contributed by atoms with Gasteiger partial charge in [-0.15, -0.1) is 0 Å². The lowest BCUT2D eigenvalue weighted by Gasteiger charge is -2.21. The van der Waals surface area contributed by atoms with Gasteiger partial charge in [-0.3, -0.25) is 9.78 Å². The van der Waals surface area contributed by atoms with Crippen LogP contribution >= 0.6 is 11.6 Å². The van der Waals surface area contributed by atoms with Crippen LogP contribution in [0.25, 0.3) is 0 Å².